The zero-order chi connectivity index (χ0) is 13.8. The van der Waals surface area contributed by atoms with Crippen LogP contribution in [0.4, 0.5) is 0 Å². The highest BCUT2D eigenvalue weighted by molar-refractivity contribution is 5.90. The Balaban J connectivity index is 2.61. The Morgan fingerprint density at radius 3 is 2.39 bits per heavy atom. The lowest BCUT2D eigenvalue weighted by atomic mass is 10.0. The summed E-state index contributed by atoms with van der Waals surface area (Å²) in [5, 5.41) is 9.61. The molecule has 1 atom stereocenters. The first-order chi connectivity index (χ1) is 8.31. The maximum absolute atomic E-state index is 11.7. The molecule has 0 spiro atoms. The van der Waals surface area contributed by atoms with E-state index in [1.54, 1.807) is 45.0 Å². The van der Waals surface area contributed by atoms with Crippen molar-refractivity contribution in [3.8, 4) is 0 Å². The highest BCUT2D eigenvalue weighted by Crippen LogP contribution is 2.14. The second-order valence-electron chi connectivity index (χ2n) is 4.97. The Kier molecular flexibility index (Phi) is 4.62. The summed E-state index contributed by atoms with van der Waals surface area (Å²) in [4.78, 5) is 22.2. The van der Waals surface area contributed by atoms with E-state index in [2.05, 4.69) is 0 Å². The van der Waals surface area contributed by atoms with Gasteiger partial charge in [0.05, 0.1) is 11.2 Å². The summed E-state index contributed by atoms with van der Waals surface area (Å²) < 4.78 is 5.20. The van der Waals surface area contributed by atoms with Gasteiger partial charge in [0.2, 0.25) is 0 Å². The maximum Gasteiger partial charge on any atom is 0.338 e. The predicted octanol–water partition coefficient (Wildman–Crippen LogP) is 2.21. The second kappa shape index (κ2) is 5.78. The van der Waals surface area contributed by atoms with Crippen LogP contribution in [0.5, 0.6) is 0 Å². The van der Waals surface area contributed by atoms with Crippen LogP contribution < -0.4 is 0 Å². The van der Waals surface area contributed by atoms with Gasteiger partial charge in [0.1, 0.15) is 12.4 Å². The van der Waals surface area contributed by atoms with Gasteiger partial charge in [-0.05, 0) is 32.9 Å². The van der Waals surface area contributed by atoms with Gasteiger partial charge in [-0.3, -0.25) is 4.79 Å². The molecule has 4 heteroatoms. The molecule has 1 unspecified atom stereocenters. The van der Waals surface area contributed by atoms with Crippen molar-refractivity contribution in [2.75, 3.05) is 0 Å². The van der Waals surface area contributed by atoms with Gasteiger partial charge >= 0.3 is 5.97 Å². The molecule has 0 saturated carbocycles. The number of hydrogen-bond donors (Lipinski definition) is 1. The molecule has 0 aromatic heterocycles. The minimum atomic E-state index is -0.874. The van der Waals surface area contributed by atoms with Crippen LogP contribution in [0.3, 0.4) is 0 Å². The summed E-state index contributed by atoms with van der Waals surface area (Å²) in [7, 11) is 0. The molecule has 0 fully saturated rings. The summed E-state index contributed by atoms with van der Waals surface area (Å²) in [5.74, 6) is -0.454. The van der Waals surface area contributed by atoms with Gasteiger partial charge in [-0.25, -0.2) is 4.79 Å². The highest BCUT2D eigenvalue weighted by atomic mass is 16.5. The molecular formula is C14H18O4. The molecule has 18 heavy (non-hydrogen) atoms. The van der Waals surface area contributed by atoms with Crippen molar-refractivity contribution >= 4 is 12.3 Å². The van der Waals surface area contributed by atoms with E-state index in [1.165, 1.54) is 0 Å². The molecule has 0 aliphatic heterocycles. The number of ether oxygens (including phenoxy) is 1. The fourth-order valence-corrected chi connectivity index (χ4v) is 1.69. The fourth-order valence-electron chi connectivity index (χ4n) is 1.69. The van der Waals surface area contributed by atoms with Gasteiger partial charge < -0.3 is 9.84 Å². The van der Waals surface area contributed by atoms with E-state index in [1.807, 2.05) is 0 Å². The van der Waals surface area contributed by atoms with E-state index < -0.39 is 11.6 Å². The van der Waals surface area contributed by atoms with Crippen LogP contribution >= 0.6 is 0 Å². The van der Waals surface area contributed by atoms with Gasteiger partial charge in [-0.1, -0.05) is 12.1 Å². The van der Waals surface area contributed by atoms with Crippen LogP contribution in [0.1, 0.15) is 47.9 Å². The van der Waals surface area contributed by atoms with Crippen molar-refractivity contribution in [3.63, 3.8) is 0 Å². The minimum absolute atomic E-state index is 0.366. The number of benzene rings is 1. The van der Waals surface area contributed by atoms with E-state index in [-0.39, 0.29) is 6.10 Å². The van der Waals surface area contributed by atoms with Crippen molar-refractivity contribution in [2.24, 2.45) is 0 Å². The third-order valence-electron chi connectivity index (χ3n) is 2.38. The normalized spacial score (nSPS) is 12.9. The molecule has 0 heterocycles. The van der Waals surface area contributed by atoms with Crippen molar-refractivity contribution in [2.45, 2.75) is 38.9 Å². The molecule has 0 radical (unpaired) electrons. The number of hydrogen-bond acceptors (Lipinski definition) is 4. The minimum Gasteiger partial charge on any atom is -0.459 e. The Bertz CT molecular complexity index is 414. The Morgan fingerprint density at radius 2 is 1.94 bits per heavy atom. The highest BCUT2D eigenvalue weighted by Gasteiger charge is 2.20. The number of carbonyl (C=O) groups is 2. The summed E-state index contributed by atoms with van der Waals surface area (Å²) in [6.07, 6.45) is 0.709. The van der Waals surface area contributed by atoms with E-state index >= 15 is 0 Å². The zero-order valence-corrected chi connectivity index (χ0v) is 10.8. The molecular weight excluding hydrogens is 232 g/mol. The lowest BCUT2D eigenvalue weighted by molar-refractivity contribution is -0.00250. The average molecular weight is 250 g/mol. The van der Waals surface area contributed by atoms with E-state index in [0.29, 0.717) is 23.8 Å². The second-order valence-corrected chi connectivity index (χ2v) is 4.97. The number of aldehydes is 1. The predicted molar refractivity (Wildman–Crippen MR) is 67.6 cm³/mol. The number of aliphatic hydroxyl groups is 1. The standard InChI is InChI=1S/C14H18O4/c1-10(8-14(2,3)17)18-13(16)12-6-4-11(9-15)5-7-12/h4-7,9-10,17H,8H2,1-3H3. The van der Waals surface area contributed by atoms with Crippen molar-refractivity contribution in [1.29, 1.82) is 0 Å². The summed E-state index contributed by atoms with van der Waals surface area (Å²) in [5.41, 5.74) is 0.0282. The molecule has 1 aromatic rings. The van der Waals surface area contributed by atoms with Crippen molar-refractivity contribution < 1.29 is 19.4 Å². The lowest BCUT2D eigenvalue weighted by Crippen LogP contribution is -2.27. The Labute approximate surface area is 107 Å². The molecule has 1 N–H and O–H groups in total. The number of rotatable bonds is 5. The quantitative estimate of drug-likeness (QED) is 0.642. The average Bonchev–Trinajstić information content (AvgIpc) is 2.26. The van der Waals surface area contributed by atoms with Crippen molar-refractivity contribution in [1.82, 2.24) is 0 Å². The van der Waals surface area contributed by atoms with Crippen LogP contribution in [0.2, 0.25) is 0 Å². The van der Waals surface area contributed by atoms with E-state index in [9.17, 15) is 14.7 Å². The van der Waals surface area contributed by atoms with Crippen LogP contribution in [0, 0.1) is 0 Å². The van der Waals surface area contributed by atoms with Gasteiger partial charge in [0.15, 0.2) is 0 Å². The summed E-state index contributed by atoms with van der Waals surface area (Å²) >= 11 is 0. The Morgan fingerprint density at radius 1 is 1.39 bits per heavy atom. The van der Waals surface area contributed by atoms with Crippen LogP contribution in [0.15, 0.2) is 24.3 Å². The summed E-state index contributed by atoms with van der Waals surface area (Å²) in [6, 6.07) is 6.21. The molecule has 98 valence electrons. The third-order valence-corrected chi connectivity index (χ3v) is 2.38. The monoisotopic (exact) mass is 250 g/mol. The molecule has 0 aliphatic rings. The smallest absolute Gasteiger partial charge is 0.338 e. The van der Waals surface area contributed by atoms with Gasteiger partial charge in [0.25, 0.3) is 0 Å². The lowest BCUT2D eigenvalue weighted by Gasteiger charge is -2.22. The van der Waals surface area contributed by atoms with Gasteiger partial charge in [-0.15, -0.1) is 0 Å². The molecule has 4 nitrogen and oxygen atoms in total. The molecule has 0 bridgehead atoms. The molecule has 0 saturated heterocycles. The van der Waals surface area contributed by atoms with Crippen LogP contribution in [-0.4, -0.2) is 29.1 Å². The van der Waals surface area contributed by atoms with Gasteiger partial charge in [0, 0.05) is 12.0 Å². The molecule has 1 rings (SSSR count). The first-order valence-electron chi connectivity index (χ1n) is 5.80. The first-order valence-corrected chi connectivity index (χ1v) is 5.80. The number of esters is 1. The van der Waals surface area contributed by atoms with E-state index in [4.69, 9.17) is 4.74 Å². The molecule has 1 aromatic carbocycles. The zero-order valence-electron chi connectivity index (χ0n) is 10.8. The summed E-state index contributed by atoms with van der Waals surface area (Å²) in [6.45, 7) is 5.06. The number of carbonyl (C=O) groups excluding carboxylic acids is 2. The largest absolute Gasteiger partial charge is 0.459 e. The topological polar surface area (TPSA) is 63.6 Å². The van der Waals surface area contributed by atoms with Crippen LogP contribution in [-0.2, 0) is 4.74 Å². The van der Waals surface area contributed by atoms with E-state index in [0.717, 1.165) is 0 Å². The molecule has 0 amide bonds. The Hall–Kier alpha value is -1.68. The molecule has 0 aliphatic carbocycles. The van der Waals surface area contributed by atoms with Crippen molar-refractivity contribution in [3.05, 3.63) is 35.4 Å². The first kappa shape index (κ1) is 14.4. The SMILES string of the molecule is CC(CC(C)(C)O)OC(=O)c1ccc(C=O)cc1. The maximum atomic E-state index is 11.7. The third kappa shape index (κ3) is 4.67. The van der Waals surface area contributed by atoms with Crippen LogP contribution in [0.25, 0.3) is 0 Å². The van der Waals surface area contributed by atoms with Gasteiger partial charge in [-0.2, -0.15) is 0 Å². The fraction of sp³-hybridized carbons (Fsp3) is 0.429.